The monoisotopic (exact) mass is 276 g/mol. The molecule has 0 spiro atoms. The molecule has 1 heterocycles. The van der Waals surface area contributed by atoms with Gasteiger partial charge in [-0.15, -0.1) is 11.8 Å². The van der Waals surface area contributed by atoms with Gasteiger partial charge in [0.05, 0.1) is 11.4 Å². The molecule has 1 saturated carbocycles. The number of hydrogen-bond donors (Lipinski definition) is 2. The maximum atomic E-state index is 11.4. The second-order valence-corrected chi connectivity index (χ2v) is 6.64. The van der Waals surface area contributed by atoms with Crippen LogP contribution < -0.4 is 10.6 Å². The molecule has 1 aliphatic carbocycles. The predicted molar refractivity (Wildman–Crippen MR) is 80.8 cm³/mol. The van der Waals surface area contributed by atoms with Crippen LogP contribution in [0.4, 0.5) is 11.4 Å². The summed E-state index contributed by atoms with van der Waals surface area (Å²) >= 11 is 1.61. The standard InChI is InChI=1S/C15H20N2OS/c1-10(7-11-3-2-4-11)16-12-5-6-14-13(8-12)17-15(18)9-19-14/h5-6,8,10-11,16H,2-4,7,9H2,1H3,(H,17,18). The lowest BCUT2D eigenvalue weighted by Gasteiger charge is -2.29. The highest BCUT2D eigenvalue weighted by atomic mass is 32.2. The first-order chi connectivity index (χ1) is 9.20. The third-order valence-electron chi connectivity index (χ3n) is 3.94. The van der Waals surface area contributed by atoms with E-state index in [9.17, 15) is 4.79 Å². The Morgan fingerprint density at radius 1 is 1.47 bits per heavy atom. The van der Waals surface area contributed by atoms with Crippen molar-refractivity contribution < 1.29 is 4.79 Å². The number of rotatable bonds is 4. The lowest BCUT2D eigenvalue weighted by Crippen LogP contribution is -2.23. The number of thioether (sulfide) groups is 1. The fourth-order valence-corrected chi connectivity index (χ4v) is 3.53. The summed E-state index contributed by atoms with van der Waals surface area (Å²) in [5.41, 5.74) is 2.05. The van der Waals surface area contributed by atoms with E-state index in [0.717, 1.165) is 22.2 Å². The van der Waals surface area contributed by atoms with Crippen molar-refractivity contribution in [2.24, 2.45) is 5.92 Å². The number of fused-ring (bicyclic) bond motifs is 1. The van der Waals surface area contributed by atoms with Crippen LogP contribution in [0.15, 0.2) is 23.1 Å². The fraction of sp³-hybridized carbons (Fsp3) is 0.533. The third-order valence-corrected chi connectivity index (χ3v) is 5.01. The maximum Gasteiger partial charge on any atom is 0.234 e. The van der Waals surface area contributed by atoms with Crippen molar-refractivity contribution in [2.45, 2.75) is 43.5 Å². The highest BCUT2D eigenvalue weighted by Gasteiger charge is 2.20. The van der Waals surface area contributed by atoms with E-state index in [-0.39, 0.29) is 5.91 Å². The lowest BCUT2D eigenvalue weighted by atomic mass is 9.81. The molecule has 1 amide bonds. The quantitative estimate of drug-likeness (QED) is 0.880. The summed E-state index contributed by atoms with van der Waals surface area (Å²) in [6.07, 6.45) is 5.43. The van der Waals surface area contributed by atoms with Crippen LogP contribution in [0.2, 0.25) is 0 Å². The summed E-state index contributed by atoms with van der Waals surface area (Å²) in [5, 5.41) is 6.48. The minimum Gasteiger partial charge on any atom is -0.383 e. The first-order valence-corrected chi connectivity index (χ1v) is 8.02. The Balaban J connectivity index is 1.64. The van der Waals surface area contributed by atoms with Gasteiger partial charge < -0.3 is 10.6 Å². The highest BCUT2D eigenvalue weighted by Crippen LogP contribution is 2.34. The molecule has 102 valence electrons. The molecule has 0 radical (unpaired) electrons. The minimum atomic E-state index is 0.0946. The van der Waals surface area contributed by atoms with E-state index in [1.807, 2.05) is 0 Å². The van der Waals surface area contributed by atoms with Crippen LogP contribution in [0, 0.1) is 5.92 Å². The van der Waals surface area contributed by atoms with Gasteiger partial charge in [0.25, 0.3) is 0 Å². The first-order valence-electron chi connectivity index (χ1n) is 7.04. The predicted octanol–water partition coefficient (Wildman–Crippen LogP) is 3.72. The van der Waals surface area contributed by atoms with Gasteiger partial charge >= 0.3 is 0 Å². The number of nitrogens with one attached hydrogen (secondary N) is 2. The van der Waals surface area contributed by atoms with Gasteiger partial charge in [0.2, 0.25) is 5.91 Å². The molecule has 1 aromatic rings. The zero-order chi connectivity index (χ0) is 13.2. The SMILES string of the molecule is CC(CC1CCC1)Nc1ccc2c(c1)NC(=O)CS2. The molecule has 2 aliphatic rings. The van der Waals surface area contributed by atoms with Crippen molar-refractivity contribution in [1.29, 1.82) is 0 Å². The number of amides is 1. The molecule has 1 unspecified atom stereocenters. The second kappa shape index (κ2) is 5.45. The first kappa shape index (κ1) is 12.9. The zero-order valence-corrected chi connectivity index (χ0v) is 12.1. The van der Waals surface area contributed by atoms with Crippen molar-refractivity contribution in [3.63, 3.8) is 0 Å². The molecule has 19 heavy (non-hydrogen) atoms. The molecule has 4 heteroatoms. The van der Waals surface area contributed by atoms with Crippen LogP contribution >= 0.6 is 11.8 Å². The lowest BCUT2D eigenvalue weighted by molar-refractivity contribution is -0.113. The smallest absolute Gasteiger partial charge is 0.234 e. The van der Waals surface area contributed by atoms with Crippen LogP contribution in [0.3, 0.4) is 0 Å². The van der Waals surface area contributed by atoms with E-state index in [4.69, 9.17) is 0 Å². The topological polar surface area (TPSA) is 41.1 Å². The highest BCUT2D eigenvalue weighted by molar-refractivity contribution is 8.00. The van der Waals surface area contributed by atoms with Crippen molar-refractivity contribution in [3.8, 4) is 0 Å². The molecular formula is C15H20N2OS. The minimum absolute atomic E-state index is 0.0946. The molecule has 1 fully saturated rings. The van der Waals surface area contributed by atoms with E-state index in [2.05, 4.69) is 35.8 Å². The summed E-state index contributed by atoms with van der Waals surface area (Å²) in [6, 6.07) is 6.75. The number of carbonyl (C=O) groups is 1. The van der Waals surface area contributed by atoms with Gasteiger partial charge in [0.1, 0.15) is 0 Å². The Labute approximate surface area is 118 Å². The van der Waals surface area contributed by atoms with Gasteiger partial charge in [0, 0.05) is 16.6 Å². The molecule has 1 atom stereocenters. The van der Waals surface area contributed by atoms with Crippen LogP contribution in [0.25, 0.3) is 0 Å². The average molecular weight is 276 g/mol. The van der Waals surface area contributed by atoms with Crippen LogP contribution in [0.5, 0.6) is 0 Å². The summed E-state index contributed by atoms with van der Waals surface area (Å²) in [4.78, 5) is 12.6. The maximum absolute atomic E-state index is 11.4. The third kappa shape index (κ3) is 3.06. The molecule has 0 aromatic heterocycles. The molecule has 3 rings (SSSR count). The molecule has 1 aliphatic heterocycles. The number of carbonyl (C=O) groups excluding carboxylic acids is 1. The van der Waals surface area contributed by atoms with Crippen molar-refractivity contribution >= 4 is 29.0 Å². The van der Waals surface area contributed by atoms with E-state index < -0.39 is 0 Å². The van der Waals surface area contributed by atoms with Crippen LogP contribution in [0.1, 0.15) is 32.6 Å². The zero-order valence-electron chi connectivity index (χ0n) is 11.2. The molecule has 1 aromatic carbocycles. The Hall–Kier alpha value is -1.16. The Morgan fingerprint density at radius 2 is 2.32 bits per heavy atom. The van der Waals surface area contributed by atoms with Crippen LogP contribution in [-0.4, -0.2) is 17.7 Å². The normalized spacial score (nSPS) is 20.2. The second-order valence-electron chi connectivity index (χ2n) is 5.63. The molecule has 0 bridgehead atoms. The number of anilines is 2. The van der Waals surface area contributed by atoms with E-state index in [0.29, 0.717) is 11.8 Å². The Kier molecular flexibility index (Phi) is 3.69. The number of benzene rings is 1. The van der Waals surface area contributed by atoms with E-state index in [1.54, 1.807) is 11.8 Å². The summed E-state index contributed by atoms with van der Waals surface area (Å²) in [6.45, 7) is 2.24. The van der Waals surface area contributed by atoms with Crippen molar-refractivity contribution in [1.82, 2.24) is 0 Å². The summed E-state index contributed by atoms with van der Waals surface area (Å²) in [5.74, 6) is 1.53. The molecule has 0 saturated heterocycles. The van der Waals surface area contributed by atoms with E-state index in [1.165, 1.54) is 25.7 Å². The van der Waals surface area contributed by atoms with Crippen molar-refractivity contribution in [3.05, 3.63) is 18.2 Å². The largest absolute Gasteiger partial charge is 0.383 e. The van der Waals surface area contributed by atoms with Gasteiger partial charge in [-0.3, -0.25) is 4.79 Å². The van der Waals surface area contributed by atoms with Gasteiger partial charge in [-0.1, -0.05) is 19.3 Å². The Bertz CT molecular complexity index is 485. The van der Waals surface area contributed by atoms with Gasteiger partial charge in [-0.25, -0.2) is 0 Å². The fourth-order valence-electron chi connectivity index (χ4n) is 2.74. The van der Waals surface area contributed by atoms with E-state index >= 15 is 0 Å². The molecule has 3 nitrogen and oxygen atoms in total. The number of hydrogen-bond acceptors (Lipinski definition) is 3. The average Bonchev–Trinajstić information content (AvgIpc) is 2.33. The molecule has 2 N–H and O–H groups in total. The van der Waals surface area contributed by atoms with Crippen LogP contribution in [-0.2, 0) is 4.79 Å². The van der Waals surface area contributed by atoms with Gasteiger partial charge in [0.15, 0.2) is 0 Å². The molecular weight excluding hydrogens is 256 g/mol. The van der Waals surface area contributed by atoms with Gasteiger partial charge in [-0.2, -0.15) is 0 Å². The van der Waals surface area contributed by atoms with Gasteiger partial charge in [-0.05, 0) is 37.5 Å². The summed E-state index contributed by atoms with van der Waals surface area (Å²) in [7, 11) is 0. The summed E-state index contributed by atoms with van der Waals surface area (Å²) < 4.78 is 0. The van der Waals surface area contributed by atoms with Crippen molar-refractivity contribution in [2.75, 3.05) is 16.4 Å². The Morgan fingerprint density at radius 3 is 3.05 bits per heavy atom.